The Kier molecular flexibility index (Phi) is 5.96. The SMILES string of the molecule is COc1cc(CO)ccc1OCc1nc(-c2ccc(CC(=O)O)cc2)oc1C. The van der Waals surface area contributed by atoms with E-state index in [4.69, 9.17) is 19.0 Å². The number of hydrogen-bond donors (Lipinski definition) is 2. The number of aliphatic hydroxyl groups excluding tert-OH is 1. The van der Waals surface area contributed by atoms with Crippen molar-refractivity contribution in [1.29, 1.82) is 0 Å². The lowest BCUT2D eigenvalue weighted by molar-refractivity contribution is -0.136. The van der Waals surface area contributed by atoms with E-state index in [2.05, 4.69) is 4.98 Å². The smallest absolute Gasteiger partial charge is 0.307 e. The van der Waals surface area contributed by atoms with E-state index in [9.17, 15) is 9.90 Å². The number of aryl methyl sites for hydroxylation is 1. The van der Waals surface area contributed by atoms with Crippen molar-refractivity contribution in [2.45, 2.75) is 26.6 Å². The van der Waals surface area contributed by atoms with Crippen LogP contribution >= 0.6 is 0 Å². The number of ether oxygens (including phenoxy) is 2. The maximum absolute atomic E-state index is 10.8. The molecule has 0 saturated carbocycles. The van der Waals surface area contributed by atoms with Gasteiger partial charge in [-0.3, -0.25) is 4.79 Å². The number of rotatable bonds is 8. The average molecular weight is 383 g/mol. The molecule has 3 rings (SSSR count). The molecule has 1 aromatic heterocycles. The summed E-state index contributed by atoms with van der Waals surface area (Å²) < 4.78 is 16.8. The summed E-state index contributed by atoms with van der Waals surface area (Å²) in [6, 6.07) is 12.3. The molecule has 7 nitrogen and oxygen atoms in total. The van der Waals surface area contributed by atoms with Crippen LogP contribution in [-0.4, -0.2) is 28.3 Å². The molecular weight excluding hydrogens is 362 g/mol. The fourth-order valence-electron chi connectivity index (χ4n) is 2.70. The zero-order chi connectivity index (χ0) is 20.1. The van der Waals surface area contributed by atoms with Crippen molar-refractivity contribution >= 4 is 5.97 Å². The lowest BCUT2D eigenvalue weighted by atomic mass is 10.1. The molecule has 0 saturated heterocycles. The molecular formula is C21H21NO6. The highest BCUT2D eigenvalue weighted by molar-refractivity contribution is 5.70. The highest BCUT2D eigenvalue weighted by Gasteiger charge is 2.14. The van der Waals surface area contributed by atoms with Gasteiger partial charge in [0.15, 0.2) is 11.5 Å². The lowest BCUT2D eigenvalue weighted by Gasteiger charge is -2.10. The summed E-state index contributed by atoms with van der Waals surface area (Å²) in [5.74, 6) is 1.28. The molecule has 2 N–H and O–H groups in total. The predicted octanol–water partition coefficient (Wildman–Crippen LogP) is 3.36. The number of hydrogen-bond acceptors (Lipinski definition) is 6. The van der Waals surface area contributed by atoms with E-state index < -0.39 is 5.97 Å². The Bertz CT molecular complexity index is 962. The van der Waals surface area contributed by atoms with E-state index in [1.165, 1.54) is 7.11 Å². The Morgan fingerprint density at radius 3 is 2.46 bits per heavy atom. The molecule has 1 heterocycles. The topological polar surface area (TPSA) is 102 Å². The molecule has 0 aliphatic rings. The molecule has 0 bridgehead atoms. The minimum absolute atomic E-state index is 0.0269. The number of aliphatic hydroxyl groups is 1. The van der Waals surface area contributed by atoms with Gasteiger partial charge < -0.3 is 24.1 Å². The fourth-order valence-corrected chi connectivity index (χ4v) is 2.70. The number of carboxylic acids is 1. The van der Waals surface area contributed by atoms with Gasteiger partial charge in [0, 0.05) is 5.56 Å². The zero-order valence-electron chi connectivity index (χ0n) is 15.6. The van der Waals surface area contributed by atoms with Crippen molar-refractivity contribution in [3.63, 3.8) is 0 Å². The van der Waals surface area contributed by atoms with E-state index in [1.54, 1.807) is 49.4 Å². The van der Waals surface area contributed by atoms with Crippen LogP contribution in [0.1, 0.15) is 22.6 Å². The molecule has 0 aliphatic carbocycles. The Hall–Kier alpha value is -3.32. The molecule has 3 aromatic rings. The molecule has 0 unspecified atom stereocenters. The number of carbonyl (C=O) groups is 1. The molecule has 0 fully saturated rings. The summed E-state index contributed by atoms with van der Waals surface area (Å²) in [4.78, 5) is 15.3. The van der Waals surface area contributed by atoms with Crippen molar-refractivity contribution < 1.29 is 28.9 Å². The van der Waals surface area contributed by atoms with Crippen LogP contribution in [0.5, 0.6) is 11.5 Å². The Labute approximate surface area is 162 Å². The number of oxazole rings is 1. The molecule has 0 amide bonds. The maximum atomic E-state index is 10.8. The van der Waals surface area contributed by atoms with E-state index in [0.717, 1.165) is 11.1 Å². The van der Waals surface area contributed by atoms with Crippen LogP contribution in [0.15, 0.2) is 46.9 Å². The number of benzene rings is 2. The van der Waals surface area contributed by atoms with Crippen LogP contribution in [0, 0.1) is 6.92 Å². The summed E-state index contributed by atoms with van der Waals surface area (Å²) in [7, 11) is 1.54. The number of carboxylic acid groups (broad SMARTS) is 1. The summed E-state index contributed by atoms with van der Waals surface area (Å²) >= 11 is 0. The molecule has 146 valence electrons. The number of aliphatic carboxylic acids is 1. The largest absolute Gasteiger partial charge is 0.493 e. The van der Waals surface area contributed by atoms with Crippen LogP contribution in [0.2, 0.25) is 0 Å². The van der Waals surface area contributed by atoms with E-state index in [-0.39, 0.29) is 19.6 Å². The first-order valence-electron chi connectivity index (χ1n) is 8.68. The minimum atomic E-state index is -0.874. The predicted molar refractivity (Wildman–Crippen MR) is 101 cm³/mol. The molecule has 0 radical (unpaired) electrons. The molecule has 7 heteroatoms. The van der Waals surface area contributed by atoms with E-state index >= 15 is 0 Å². The van der Waals surface area contributed by atoms with Gasteiger partial charge in [0.2, 0.25) is 5.89 Å². The van der Waals surface area contributed by atoms with Crippen molar-refractivity contribution in [3.05, 3.63) is 65.0 Å². The second-order valence-corrected chi connectivity index (χ2v) is 6.22. The first-order chi connectivity index (χ1) is 13.5. The fraction of sp³-hybridized carbons (Fsp3) is 0.238. The van der Waals surface area contributed by atoms with Crippen LogP contribution in [0.3, 0.4) is 0 Å². The average Bonchev–Trinajstić information content (AvgIpc) is 3.07. The zero-order valence-corrected chi connectivity index (χ0v) is 15.6. The Morgan fingerprint density at radius 2 is 1.82 bits per heavy atom. The summed E-state index contributed by atoms with van der Waals surface area (Å²) in [5, 5.41) is 18.1. The summed E-state index contributed by atoms with van der Waals surface area (Å²) in [6.07, 6.45) is -0.0269. The Balaban J connectivity index is 1.73. The number of methoxy groups -OCH3 is 1. The van der Waals surface area contributed by atoms with Crippen molar-refractivity contribution in [3.8, 4) is 23.0 Å². The standard InChI is InChI=1S/C21H21NO6/c1-13-17(12-27-18-8-5-15(11-23)9-19(18)26-2)22-21(28-13)16-6-3-14(4-7-16)10-20(24)25/h3-9,23H,10-12H2,1-2H3,(H,24,25). The highest BCUT2D eigenvalue weighted by Crippen LogP contribution is 2.30. The Morgan fingerprint density at radius 1 is 1.11 bits per heavy atom. The van der Waals surface area contributed by atoms with Crippen molar-refractivity contribution in [1.82, 2.24) is 4.98 Å². The summed E-state index contributed by atoms with van der Waals surface area (Å²) in [5.41, 5.74) is 2.85. The lowest BCUT2D eigenvalue weighted by Crippen LogP contribution is -2.00. The normalized spacial score (nSPS) is 10.7. The van der Waals surface area contributed by atoms with Gasteiger partial charge in [-0.15, -0.1) is 0 Å². The third-order valence-corrected chi connectivity index (χ3v) is 4.22. The monoisotopic (exact) mass is 383 g/mol. The highest BCUT2D eigenvalue weighted by atomic mass is 16.5. The molecule has 0 atom stereocenters. The van der Waals surface area contributed by atoms with Gasteiger partial charge in [0.05, 0.1) is 20.1 Å². The van der Waals surface area contributed by atoms with Crippen LogP contribution in [0.4, 0.5) is 0 Å². The molecule has 28 heavy (non-hydrogen) atoms. The van der Waals surface area contributed by atoms with Crippen LogP contribution in [0.25, 0.3) is 11.5 Å². The van der Waals surface area contributed by atoms with Gasteiger partial charge in [-0.2, -0.15) is 0 Å². The minimum Gasteiger partial charge on any atom is -0.493 e. The van der Waals surface area contributed by atoms with Gasteiger partial charge in [-0.1, -0.05) is 18.2 Å². The van der Waals surface area contributed by atoms with Crippen LogP contribution < -0.4 is 9.47 Å². The maximum Gasteiger partial charge on any atom is 0.307 e. The van der Waals surface area contributed by atoms with Crippen molar-refractivity contribution in [2.75, 3.05) is 7.11 Å². The number of nitrogens with zero attached hydrogens (tertiary/aromatic N) is 1. The van der Waals surface area contributed by atoms with Crippen LogP contribution in [-0.2, 0) is 24.4 Å². The second-order valence-electron chi connectivity index (χ2n) is 6.22. The van der Waals surface area contributed by atoms with E-state index in [0.29, 0.717) is 34.4 Å². The van der Waals surface area contributed by atoms with Gasteiger partial charge in [-0.05, 0) is 42.3 Å². The molecule has 2 aromatic carbocycles. The third kappa shape index (κ3) is 4.50. The second kappa shape index (κ2) is 8.58. The quantitative estimate of drug-likeness (QED) is 0.615. The van der Waals surface area contributed by atoms with Gasteiger partial charge in [0.1, 0.15) is 18.1 Å². The van der Waals surface area contributed by atoms with Crippen molar-refractivity contribution in [2.24, 2.45) is 0 Å². The molecule has 0 spiro atoms. The first-order valence-corrected chi connectivity index (χ1v) is 8.68. The van der Waals surface area contributed by atoms with Gasteiger partial charge >= 0.3 is 5.97 Å². The van der Waals surface area contributed by atoms with Gasteiger partial charge in [-0.25, -0.2) is 4.98 Å². The first kappa shape index (κ1) is 19.4. The third-order valence-electron chi connectivity index (χ3n) is 4.22. The van der Waals surface area contributed by atoms with Gasteiger partial charge in [0.25, 0.3) is 0 Å². The summed E-state index contributed by atoms with van der Waals surface area (Å²) in [6.45, 7) is 1.93. The molecule has 0 aliphatic heterocycles. The van der Waals surface area contributed by atoms with E-state index in [1.807, 2.05) is 0 Å². The number of aromatic nitrogens is 1.